The molecule has 0 amide bonds. The summed E-state index contributed by atoms with van der Waals surface area (Å²) in [5.41, 5.74) is 9.08. The number of nitrogens with two attached hydrogens (primary N) is 1. The van der Waals surface area contributed by atoms with Crippen molar-refractivity contribution in [2.45, 2.75) is 25.8 Å². The highest BCUT2D eigenvalue weighted by molar-refractivity contribution is 5.82. The van der Waals surface area contributed by atoms with Crippen molar-refractivity contribution in [2.24, 2.45) is 5.73 Å². The number of carbonyl (C=O) groups excluding carboxylic acids is 1. The summed E-state index contributed by atoms with van der Waals surface area (Å²) in [7, 11) is 0. The van der Waals surface area contributed by atoms with E-state index in [9.17, 15) is 4.79 Å². The number of anilines is 1. The monoisotopic (exact) mass is 282 g/mol. The van der Waals surface area contributed by atoms with Gasteiger partial charge < -0.3 is 11.1 Å². The number of benzene rings is 2. The molecule has 0 saturated carbocycles. The van der Waals surface area contributed by atoms with Gasteiger partial charge in [0.2, 0.25) is 0 Å². The van der Waals surface area contributed by atoms with Gasteiger partial charge >= 0.3 is 0 Å². The first-order valence-electron chi connectivity index (χ1n) is 7.30. The highest BCUT2D eigenvalue weighted by Crippen LogP contribution is 2.16. The molecule has 0 fully saturated rings. The molecule has 21 heavy (non-hydrogen) atoms. The first-order chi connectivity index (χ1) is 10.2. The molecule has 1 unspecified atom stereocenters. The standard InChI is InChI=1S/C18H22N2O/c1-14(21)18(19)16-10-5-11-17(13-16)20-12-6-9-15-7-3-2-4-8-15/h2-5,7-8,10-11,13,18,20H,6,9,12,19H2,1H3. The lowest BCUT2D eigenvalue weighted by Gasteiger charge is -2.11. The van der Waals surface area contributed by atoms with Gasteiger partial charge in [-0.3, -0.25) is 4.79 Å². The molecular weight excluding hydrogens is 260 g/mol. The summed E-state index contributed by atoms with van der Waals surface area (Å²) in [6.07, 6.45) is 2.12. The lowest BCUT2D eigenvalue weighted by atomic mass is 10.0. The number of hydrogen-bond donors (Lipinski definition) is 2. The van der Waals surface area contributed by atoms with Gasteiger partial charge in [-0.1, -0.05) is 42.5 Å². The third-order valence-corrected chi connectivity index (χ3v) is 3.50. The predicted octanol–water partition coefficient (Wildman–Crippen LogP) is 3.32. The average molecular weight is 282 g/mol. The molecule has 0 heterocycles. The smallest absolute Gasteiger partial charge is 0.150 e. The fraction of sp³-hybridized carbons (Fsp3) is 0.278. The molecule has 3 nitrogen and oxygen atoms in total. The molecule has 0 spiro atoms. The summed E-state index contributed by atoms with van der Waals surface area (Å²) < 4.78 is 0. The zero-order chi connectivity index (χ0) is 15.1. The molecular formula is C18H22N2O. The van der Waals surface area contributed by atoms with Crippen LogP contribution in [0.4, 0.5) is 5.69 Å². The zero-order valence-electron chi connectivity index (χ0n) is 12.4. The molecule has 0 saturated heterocycles. The summed E-state index contributed by atoms with van der Waals surface area (Å²) in [5.74, 6) is -0.0174. The van der Waals surface area contributed by atoms with Crippen molar-refractivity contribution >= 4 is 11.5 Å². The van der Waals surface area contributed by atoms with Gasteiger partial charge in [-0.05, 0) is 43.0 Å². The Morgan fingerprint density at radius 2 is 1.90 bits per heavy atom. The van der Waals surface area contributed by atoms with Gasteiger partial charge in [-0.15, -0.1) is 0 Å². The van der Waals surface area contributed by atoms with Gasteiger partial charge in [-0.2, -0.15) is 0 Å². The van der Waals surface area contributed by atoms with Crippen molar-refractivity contribution in [3.8, 4) is 0 Å². The quantitative estimate of drug-likeness (QED) is 0.766. The Bertz CT molecular complexity index is 581. The van der Waals surface area contributed by atoms with Gasteiger partial charge in [0.05, 0.1) is 6.04 Å². The fourth-order valence-electron chi connectivity index (χ4n) is 2.25. The minimum atomic E-state index is -0.531. The van der Waals surface area contributed by atoms with Crippen molar-refractivity contribution < 1.29 is 4.79 Å². The maximum atomic E-state index is 11.3. The molecule has 0 aliphatic heterocycles. The molecule has 2 aromatic carbocycles. The molecule has 0 aliphatic rings. The highest BCUT2D eigenvalue weighted by Gasteiger charge is 2.10. The van der Waals surface area contributed by atoms with Crippen LogP contribution in [0.25, 0.3) is 0 Å². The molecule has 0 bridgehead atoms. The summed E-state index contributed by atoms with van der Waals surface area (Å²) in [6, 6.07) is 17.7. The average Bonchev–Trinajstić information content (AvgIpc) is 2.52. The second-order valence-electron chi connectivity index (χ2n) is 5.23. The Morgan fingerprint density at radius 3 is 2.62 bits per heavy atom. The zero-order valence-corrected chi connectivity index (χ0v) is 12.4. The third-order valence-electron chi connectivity index (χ3n) is 3.50. The van der Waals surface area contributed by atoms with E-state index < -0.39 is 6.04 Å². The molecule has 2 rings (SSSR count). The number of carbonyl (C=O) groups is 1. The number of hydrogen-bond acceptors (Lipinski definition) is 3. The van der Waals surface area contributed by atoms with E-state index in [1.807, 2.05) is 30.3 Å². The molecule has 0 aliphatic carbocycles. The lowest BCUT2D eigenvalue weighted by Crippen LogP contribution is -2.18. The molecule has 3 N–H and O–H groups in total. The first-order valence-corrected chi connectivity index (χ1v) is 7.30. The maximum Gasteiger partial charge on any atom is 0.150 e. The van der Waals surface area contributed by atoms with E-state index in [0.29, 0.717) is 0 Å². The van der Waals surface area contributed by atoms with Gasteiger partial charge in [-0.25, -0.2) is 0 Å². The van der Waals surface area contributed by atoms with Crippen LogP contribution in [0.1, 0.15) is 30.5 Å². The Labute approximate surface area is 126 Å². The molecule has 0 aromatic heterocycles. The SMILES string of the molecule is CC(=O)C(N)c1cccc(NCCCc2ccccc2)c1. The normalized spacial score (nSPS) is 11.9. The number of rotatable bonds is 7. The second-order valence-corrected chi connectivity index (χ2v) is 5.23. The van der Waals surface area contributed by atoms with E-state index in [1.54, 1.807) is 0 Å². The Hall–Kier alpha value is -2.13. The van der Waals surface area contributed by atoms with Crippen LogP contribution >= 0.6 is 0 Å². The van der Waals surface area contributed by atoms with Crippen molar-refractivity contribution in [3.63, 3.8) is 0 Å². The summed E-state index contributed by atoms with van der Waals surface area (Å²) >= 11 is 0. The van der Waals surface area contributed by atoms with E-state index in [-0.39, 0.29) is 5.78 Å². The van der Waals surface area contributed by atoms with E-state index in [4.69, 9.17) is 5.73 Å². The fourth-order valence-corrected chi connectivity index (χ4v) is 2.25. The van der Waals surface area contributed by atoms with Crippen molar-refractivity contribution in [1.29, 1.82) is 0 Å². The van der Waals surface area contributed by atoms with Gasteiger partial charge in [0.1, 0.15) is 0 Å². The Morgan fingerprint density at radius 1 is 1.14 bits per heavy atom. The van der Waals surface area contributed by atoms with Crippen LogP contribution in [0.3, 0.4) is 0 Å². The van der Waals surface area contributed by atoms with Gasteiger partial charge in [0, 0.05) is 12.2 Å². The van der Waals surface area contributed by atoms with Crippen molar-refractivity contribution in [1.82, 2.24) is 0 Å². The largest absolute Gasteiger partial charge is 0.385 e. The molecule has 3 heteroatoms. The minimum Gasteiger partial charge on any atom is -0.385 e. The summed E-state index contributed by atoms with van der Waals surface area (Å²) in [6.45, 7) is 2.41. The van der Waals surface area contributed by atoms with Crippen LogP contribution in [0.2, 0.25) is 0 Å². The summed E-state index contributed by atoms with van der Waals surface area (Å²) in [4.78, 5) is 11.3. The number of ketones is 1. The second kappa shape index (κ2) is 7.60. The van der Waals surface area contributed by atoms with Crippen LogP contribution in [-0.4, -0.2) is 12.3 Å². The van der Waals surface area contributed by atoms with Gasteiger partial charge in [0.25, 0.3) is 0 Å². The molecule has 110 valence electrons. The van der Waals surface area contributed by atoms with E-state index in [1.165, 1.54) is 12.5 Å². The molecule has 2 aromatic rings. The minimum absolute atomic E-state index is 0.0174. The first kappa shape index (κ1) is 15.3. The number of Topliss-reactive ketones (excluding diaryl/α,β-unsaturated/α-hetero) is 1. The third kappa shape index (κ3) is 4.72. The Kier molecular flexibility index (Phi) is 5.52. The topological polar surface area (TPSA) is 55.1 Å². The van der Waals surface area contributed by atoms with E-state index in [2.05, 4.69) is 29.6 Å². The number of aryl methyl sites for hydroxylation is 1. The molecule has 1 atom stereocenters. The van der Waals surface area contributed by atoms with E-state index >= 15 is 0 Å². The maximum absolute atomic E-state index is 11.3. The Balaban J connectivity index is 1.83. The van der Waals surface area contributed by atoms with Crippen LogP contribution in [0.5, 0.6) is 0 Å². The van der Waals surface area contributed by atoms with Crippen LogP contribution in [0.15, 0.2) is 54.6 Å². The number of nitrogens with one attached hydrogen (secondary N) is 1. The van der Waals surface area contributed by atoms with Crippen LogP contribution in [-0.2, 0) is 11.2 Å². The summed E-state index contributed by atoms with van der Waals surface area (Å²) in [5, 5.41) is 3.38. The lowest BCUT2D eigenvalue weighted by molar-refractivity contribution is -0.118. The highest BCUT2D eigenvalue weighted by atomic mass is 16.1. The van der Waals surface area contributed by atoms with Crippen LogP contribution in [0, 0.1) is 0 Å². The van der Waals surface area contributed by atoms with Crippen molar-refractivity contribution in [2.75, 3.05) is 11.9 Å². The van der Waals surface area contributed by atoms with Crippen molar-refractivity contribution in [3.05, 3.63) is 65.7 Å². The molecule has 0 radical (unpaired) electrons. The van der Waals surface area contributed by atoms with E-state index in [0.717, 1.165) is 30.6 Å². The predicted molar refractivity (Wildman–Crippen MR) is 87.3 cm³/mol. The van der Waals surface area contributed by atoms with Crippen LogP contribution < -0.4 is 11.1 Å². The van der Waals surface area contributed by atoms with Gasteiger partial charge in [0.15, 0.2) is 5.78 Å².